The van der Waals surface area contributed by atoms with Gasteiger partial charge in [-0.2, -0.15) is 0 Å². The summed E-state index contributed by atoms with van der Waals surface area (Å²) in [5.74, 6) is 0. The third-order valence-electron chi connectivity index (χ3n) is 2.36. The van der Waals surface area contributed by atoms with Crippen LogP contribution >= 0.6 is 0 Å². The summed E-state index contributed by atoms with van der Waals surface area (Å²) >= 11 is 0. The smallest absolute Gasteiger partial charge is 0.102 e. The molecule has 1 heterocycles. The van der Waals surface area contributed by atoms with Gasteiger partial charge in [-0.1, -0.05) is 20.3 Å². The Morgan fingerprint density at radius 2 is 2.00 bits per heavy atom. The molecule has 1 N–H and O–H groups in total. The topological polar surface area (TPSA) is 4.44 Å². The molecule has 1 aliphatic heterocycles. The van der Waals surface area contributed by atoms with E-state index >= 15 is 0 Å². The number of rotatable bonds is 5. The van der Waals surface area contributed by atoms with Crippen LogP contribution < -0.4 is 17.3 Å². The maximum Gasteiger partial charge on any atom is 0.102 e. The Morgan fingerprint density at radius 3 is 2.54 bits per heavy atom. The molecule has 1 unspecified atom stereocenters. The Bertz CT molecular complexity index is 185. The van der Waals surface area contributed by atoms with E-state index in [9.17, 15) is 0 Å². The molecule has 0 aromatic heterocycles. The first kappa shape index (κ1) is 12.7. The molecular formula is C11H20ClN. The lowest BCUT2D eigenvalue weighted by atomic mass is 10.2. The molecule has 2 heteroatoms. The molecule has 0 spiro atoms. The first-order chi connectivity index (χ1) is 5.86. The van der Waals surface area contributed by atoms with Crippen molar-refractivity contribution in [3.8, 4) is 0 Å². The van der Waals surface area contributed by atoms with Crippen molar-refractivity contribution in [3.05, 3.63) is 24.0 Å². The van der Waals surface area contributed by atoms with Crippen molar-refractivity contribution in [1.29, 1.82) is 0 Å². The minimum atomic E-state index is 0. The minimum absolute atomic E-state index is 0. The van der Waals surface area contributed by atoms with Crippen molar-refractivity contribution in [2.45, 2.75) is 39.5 Å². The maximum atomic E-state index is 2.34. The molecule has 0 saturated heterocycles. The number of allylic oxidation sites excluding steroid dienone is 2. The third kappa shape index (κ3) is 4.49. The highest BCUT2D eigenvalue weighted by Crippen LogP contribution is 2.01. The van der Waals surface area contributed by atoms with Crippen molar-refractivity contribution in [2.75, 3.05) is 6.54 Å². The molecule has 1 aliphatic rings. The monoisotopic (exact) mass is 201 g/mol. The Balaban J connectivity index is 0.00000144. The number of hydrogen-bond donors (Lipinski definition) is 1. The largest absolute Gasteiger partial charge is 1.00 e. The van der Waals surface area contributed by atoms with Gasteiger partial charge in [0, 0.05) is 11.6 Å². The first-order valence-corrected chi connectivity index (χ1v) is 5.11. The van der Waals surface area contributed by atoms with Crippen LogP contribution in [0.15, 0.2) is 24.0 Å². The van der Waals surface area contributed by atoms with Gasteiger partial charge in [-0.3, -0.25) is 4.90 Å². The Kier molecular flexibility index (Phi) is 7.02. The molecular weight excluding hydrogens is 182 g/mol. The van der Waals surface area contributed by atoms with E-state index in [4.69, 9.17) is 0 Å². The van der Waals surface area contributed by atoms with Crippen LogP contribution in [0.5, 0.6) is 0 Å². The molecule has 0 amide bonds. The van der Waals surface area contributed by atoms with Gasteiger partial charge in [0.2, 0.25) is 0 Å². The number of halogens is 1. The average Bonchev–Trinajstić information content (AvgIpc) is 2.53. The number of unbranched alkanes of at least 4 members (excludes halogenated alkanes) is 2. The summed E-state index contributed by atoms with van der Waals surface area (Å²) < 4.78 is 0. The Hall–Kier alpha value is -0.270. The van der Waals surface area contributed by atoms with Crippen LogP contribution in [0.25, 0.3) is 0 Å². The van der Waals surface area contributed by atoms with Crippen LogP contribution in [-0.2, 0) is 0 Å². The number of nitrogens with one attached hydrogen (secondary N) is 1. The van der Waals surface area contributed by atoms with Gasteiger partial charge in [-0.25, -0.2) is 0 Å². The van der Waals surface area contributed by atoms with Crippen molar-refractivity contribution >= 4 is 0 Å². The standard InChI is InChI=1S/C11H19N.ClH/c1-3-5-6-8-12-9-7-11(4-2)10-12;/h7,9-10H,3-6,8H2,1-2H3;1H. The third-order valence-corrected chi connectivity index (χ3v) is 2.36. The van der Waals surface area contributed by atoms with E-state index in [1.807, 2.05) is 0 Å². The fourth-order valence-electron chi connectivity index (χ4n) is 1.50. The Morgan fingerprint density at radius 1 is 1.23 bits per heavy atom. The molecule has 1 rings (SSSR count). The van der Waals surface area contributed by atoms with Crippen LogP contribution in [0.3, 0.4) is 0 Å². The molecule has 0 saturated carbocycles. The second kappa shape index (κ2) is 7.16. The highest BCUT2D eigenvalue weighted by atomic mass is 35.5. The SMILES string of the molecule is CCCCC[NH+]1C=CC(CC)=C1.[Cl-]. The van der Waals surface area contributed by atoms with Crippen LogP contribution in [0, 0.1) is 0 Å². The van der Waals surface area contributed by atoms with Gasteiger partial charge in [0.25, 0.3) is 0 Å². The van der Waals surface area contributed by atoms with E-state index in [0.29, 0.717) is 0 Å². The van der Waals surface area contributed by atoms with Gasteiger partial charge < -0.3 is 12.4 Å². The Labute approximate surface area is 87.9 Å². The van der Waals surface area contributed by atoms with Gasteiger partial charge in [0.05, 0.1) is 12.7 Å². The molecule has 0 radical (unpaired) electrons. The summed E-state index contributed by atoms with van der Waals surface area (Å²) in [6.07, 6.45) is 12.1. The van der Waals surface area contributed by atoms with Gasteiger partial charge in [0.1, 0.15) is 6.20 Å². The molecule has 0 aromatic rings. The van der Waals surface area contributed by atoms with Crippen LogP contribution in [0.1, 0.15) is 39.5 Å². The van der Waals surface area contributed by atoms with E-state index in [1.54, 1.807) is 0 Å². The summed E-state index contributed by atoms with van der Waals surface area (Å²) in [5.41, 5.74) is 1.49. The first-order valence-electron chi connectivity index (χ1n) is 5.11. The highest BCUT2D eigenvalue weighted by molar-refractivity contribution is 5.17. The summed E-state index contributed by atoms with van der Waals surface area (Å²) in [4.78, 5) is 1.53. The predicted molar refractivity (Wildman–Crippen MR) is 52.9 cm³/mol. The fourth-order valence-corrected chi connectivity index (χ4v) is 1.50. The number of quaternary nitrogens is 1. The zero-order valence-corrected chi connectivity index (χ0v) is 9.40. The summed E-state index contributed by atoms with van der Waals surface area (Å²) in [5, 5.41) is 0. The lowest BCUT2D eigenvalue weighted by Gasteiger charge is -2.05. The zero-order valence-electron chi connectivity index (χ0n) is 8.65. The van der Waals surface area contributed by atoms with Crippen LogP contribution in [0.4, 0.5) is 0 Å². The van der Waals surface area contributed by atoms with E-state index in [1.165, 1.54) is 42.7 Å². The van der Waals surface area contributed by atoms with E-state index in [0.717, 1.165) is 0 Å². The lowest BCUT2D eigenvalue weighted by molar-refractivity contribution is -0.788. The van der Waals surface area contributed by atoms with E-state index in [2.05, 4.69) is 32.3 Å². The minimum Gasteiger partial charge on any atom is -1.00 e. The zero-order chi connectivity index (χ0) is 8.81. The van der Waals surface area contributed by atoms with Crippen molar-refractivity contribution < 1.29 is 17.3 Å². The summed E-state index contributed by atoms with van der Waals surface area (Å²) in [6, 6.07) is 0. The summed E-state index contributed by atoms with van der Waals surface area (Å²) in [6.45, 7) is 5.74. The molecule has 1 atom stereocenters. The molecule has 0 aromatic carbocycles. The summed E-state index contributed by atoms with van der Waals surface area (Å²) in [7, 11) is 0. The highest BCUT2D eigenvalue weighted by Gasteiger charge is 2.08. The van der Waals surface area contributed by atoms with Crippen LogP contribution in [0.2, 0.25) is 0 Å². The molecule has 0 fully saturated rings. The van der Waals surface area contributed by atoms with Crippen molar-refractivity contribution in [2.24, 2.45) is 0 Å². The quantitative estimate of drug-likeness (QED) is 0.538. The molecule has 1 nitrogen and oxygen atoms in total. The fraction of sp³-hybridized carbons (Fsp3) is 0.636. The molecule has 13 heavy (non-hydrogen) atoms. The molecule has 0 bridgehead atoms. The normalized spacial score (nSPS) is 19.8. The second-order valence-corrected chi connectivity index (χ2v) is 3.44. The van der Waals surface area contributed by atoms with Gasteiger partial charge in [-0.15, -0.1) is 0 Å². The molecule has 76 valence electrons. The number of hydrogen-bond acceptors (Lipinski definition) is 0. The second-order valence-electron chi connectivity index (χ2n) is 3.44. The molecule has 0 aliphatic carbocycles. The predicted octanol–water partition coefficient (Wildman–Crippen LogP) is -1.11. The van der Waals surface area contributed by atoms with Gasteiger partial charge >= 0.3 is 0 Å². The van der Waals surface area contributed by atoms with Gasteiger partial charge in [0.15, 0.2) is 0 Å². The van der Waals surface area contributed by atoms with Crippen molar-refractivity contribution in [1.82, 2.24) is 0 Å². The van der Waals surface area contributed by atoms with Crippen molar-refractivity contribution in [3.63, 3.8) is 0 Å². The lowest BCUT2D eigenvalue weighted by Crippen LogP contribution is -3.01. The van der Waals surface area contributed by atoms with E-state index in [-0.39, 0.29) is 12.4 Å². The van der Waals surface area contributed by atoms with E-state index < -0.39 is 0 Å². The van der Waals surface area contributed by atoms with Crippen LogP contribution in [-0.4, -0.2) is 6.54 Å². The average molecular weight is 202 g/mol. The van der Waals surface area contributed by atoms with Gasteiger partial charge in [-0.05, 0) is 19.3 Å². The maximum absolute atomic E-state index is 2.34.